The number of rotatable bonds is 6. The topological polar surface area (TPSA) is 135 Å². The number of aromatic hydroxyl groups is 1. The summed E-state index contributed by atoms with van der Waals surface area (Å²) in [5, 5.41) is 40.6. The minimum atomic E-state index is -1.52. The number of benzene rings is 1. The van der Waals surface area contributed by atoms with Crippen LogP contribution in [0.15, 0.2) is 17.1 Å². The SMILES string of the molecule is O=C(O)c1c(OC2CN(C3=NCCN3)C2)ccc(CCB(O)O)c1O. The summed E-state index contributed by atoms with van der Waals surface area (Å²) >= 11 is 0. The lowest BCUT2D eigenvalue weighted by Gasteiger charge is -2.40. The highest BCUT2D eigenvalue weighted by molar-refractivity contribution is 6.41. The van der Waals surface area contributed by atoms with E-state index in [1.54, 1.807) is 6.07 Å². The van der Waals surface area contributed by atoms with E-state index in [2.05, 4.69) is 10.3 Å². The fourth-order valence-corrected chi connectivity index (χ4v) is 2.87. The molecule has 5 N–H and O–H groups in total. The van der Waals surface area contributed by atoms with Gasteiger partial charge in [-0.2, -0.15) is 0 Å². The predicted octanol–water partition coefficient (Wildman–Crippen LogP) is -0.872. The van der Waals surface area contributed by atoms with E-state index in [0.29, 0.717) is 18.7 Å². The van der Waals surface area contributed by atoms with Gasteiger partial charge in [0.15, 0.2) is 5.96 Å². The first-order valence-electron chi connectivity index (χ1n) is 8.10. The first-order chi connectivity index (χ1) is 12.0. The third-order valence-corrected chi connectivity index (χ3v) is 4.21. The summed E-state index contributed by atoms with van der Waals surface area (Å²) in [6.07, 6.45) is -0.0422. The van der Waals surface area contributed by atoms with E-state index < -0.39 is 18.8 Å². The second-order valence-corrected chi connectivity index (χ2v) is 6.05. The molecule has 0 amide bonds. The molecule has 1 saturated heterocycles. The molecule has 1 aromatic rings. The summed E-state index contributed by atoms with van der Waals surface area (Å²) in [5.41, 5.74) is 0.0253. The molecule has 0 saturated carbocycles. The number of aliphatic imine (C=N–C) groups is 1. The number of carboxylic acid groups (broad SMARTS) is 1. The lowest BCUT2D eigenvalue weighted by Crippen LogP contribution is -2.58. The van der Waals surface area contributed by atoms with Gasteiger partial charge >= 0.3 is 13.1 Å². The van der Waals surface area contributed by atoms with Crippen molar-refractivity contribution in [2.45, 2.75) is 18.8 Å². The molecule has 134 valence electrons. The van der Waals surface area contributed by atoms with Gasteiger partial charge in [0, 0.05) is 6.54 Å². The molecule has 0 aromatic heterocycles. The van der Waals surface area contributed by atoms with Crippen molar-refractivity contribution >= 4 is 19.0 Å². The van der Waals surface area contributed by atoms with Crippen LogP contribution < -0.4 is 10.1 Å². The summed E-state index contributed by atoms with van der Waals surface area (Å²) in [6.45, 7) is 2.74. The summed E-state index contributed by atoms with van der Waals surface area (Å²) < 4.78 is 5.73. The van der Waals surface area contributed by atoms with Crippen molar-refractivity contribution in [3.05, 3.63) is 23.3 Å². The Morgan fingerprint density at radius 2 is 2.16 bits per heavy atom. The van der Waals surface area contributed by atoms with Crippen LogP contribution in [0.1, 0.15) is 15.9 Å². The number of aromatic carboxylic acids is 1. The number of aryl methyl sites for hydroxylation is 1. The molecule has 25 heavy (non-hydrogen) atoms. The molecule has 10 heteroatoms. The van der Waals surface area contributed by atoms with Crippen LogP contribution in [0.5, 0.6) is 11.5 Å². The van der Waals surface area contributed by atoms with Crippen molar-refractivity contribution in [1.29, 1.82) is 0 Å². The Labute approximate surface area is 144 Å². The van der Waals surface area contributed by atoms with Gasteiger partial charge in [-0.25, -0.2) is 4.79 Å². The van der Waals surface area contributed by atoms with Gasteiger partial charge in [0.2, 0.25) is 0 Å². The van der Waals surface area contributed by atoms with Gasteiger partial charge in [-0.05, 0) is 24.4 Å². The number of nitrogens with zero attached hydrogens (tertiary/aromatic N) is 2. The molecule has 9 nitrogen and oxygen atoms in total. The number of hydrogen-bond acceptors (Lipinski definition) is 8. The maximum absolute atomic E-state index is 11.5. The highest BCUT2D eigenvalue weighted by Crippen LogP contribution is 2.33. The van der Waals surface area contributed by atoms with Gasteiger partial charge in [-0.3, -0.25) is 4.99 Å². The van der Waals surface area contributed by atoms with Crippen molar-refractivity contribution in [3.8, 4) is 11.5 Å². The molecular formula is C15H20BN3O6. The number of phenols is 1. The number of guanidine groups is 1. The van der Waals surface area contributed by atoms with Gasteiger partial charge in [-0.15, -0.1) is 0 Å². The van der Waals surface area contributed by atoms with Crippen LogP contribution in [0.25, 0.3) is 0 Å². The van der Waals surface area contributed by atoms with Gasteiger partial charge in [0.05, 0.1) is 19.6 Å². The molecule has 0 aliphatic carbocycles. The van der Waals surface area contributed by atoms with E-state index in [0.717, 1.165) is 19.0 Å². The van der Waals surface area contributed by atoms with Gasteiger partial charge < -0.3 is 35.2 Å². The monoisotopic (exact) mass is 349 g/mol. The Morgan fingerprint density at radius 1 is 1.40 bits per heavy atom. The Morgan fingerprint density at radius 3 is 2.76 bits per heavy atom. The van der Waals surface area contributed by atoms with Crippen LogP contribution >= 0.6 is 0 Å². The predicted molar refractivity (Wildman–Crippen MR) is 90.1 cm³/mol. The van der Waals surface area contributed by atoms with E-state index in [-0.39, 0.29) is 30.2 Å². The third kappa shape index (κ3) is 3.80. The van der Waals surface area contributed by atoms with E-state index in [4.69, 9.17) is 14.8 Å². The molecule has 2 aliphatic heterocycles. The highest BCUT2D eigenvalue weighted by atomic mass is 16.5. The summed E-state index contributed by atoms with van der Waals surface area (Å²) in [7, 11) is -1.52. The molecule has 1 aromatic carbocycles. The second-order valence-electron chi connectivity index (χ2n) is 6.05. The quantitative estimate of drug-likeness (QED) is 0.418. The standard InChI is InChI=1S/C15H20BN3O6/c20-13-9(3-4-16(23)24)1-2-11(12(13)14(21)22)25-10-7-19(8-10)15-17-5-6-18-15/h1-2,10,20,23-24H,3-8H2,(H,17,18)(H,21,22). The Kier molecular flexibility index (Phi) is 5.00. The second kappa shape index (κ2) is 7.20. The summed E-state index contributed by atoms with van der Waals surface area (Å²) in [6, 6.07) is 3.04. The molecule has 0 atom stereocenters. The first kappa shape index (κ1) is 17.4. The zero-order valence-electron chi connectivity index (χ0n) is 13.6. The van der Waals surface area contributed by atoms with Crippen LogP contribution in [0.3, 0.4) is 0 Å². The maximum Gasteiger partial charge on any atom is 0.451 e. The molecule has 2 heterocycles. The van der Waals surface area contributed by atoms with E-state index >= 15 is 0 Å². The molecule has 2 aliphatic rings. The Hall–Kier alpha value is -2.46. The van der Waals surface area contributed by atoms with Gasteiger partial charge in [0.1, 0.15) is 23.2 Å². The molecule has 3 rings (SSSR count). The number of likely N-dealkylation sites (tertiary alicyclic amines) is 1. The van der Waals surface area contributed by atoms with Crippen molar-refractivity contribution < 1.29 is 29.8 Å². The van der Waals surface area contributed by atoms with E-state index in [1.165, 1.54) is 6.07 Å². The molecular weight excluding hydrogens is 329 g/mol. The number of carbonyl (C=O) groups is 1. The summed E-state index contributed by atoms with van der Waals surface area (Å²) in [5.74, 6) is -0.760. The van der Waals surface area contributed by atoms with Crippen LogP contribution in [0.4, 0.5) is 0 Å². The third-order valence-electron chi connectivity index (χ3n) is 4.21. The number of hydrogen-bond donors (Lipinski definition) is 5. The molecule has 0 unspecified atom stereocenters. The first-order valence-corrected chi connectivity index (χ1v) is 8.10. The number of ether oxygens (including phenoxy) is 1. The van der Waals surface area contributed by atoms with Gasteiger partial charge in [0.25, 0.3) is 0 Å². The Bertz CT molecular complexity index is 690. The summed E-state index contributed by atoms with van der Waals surface area (Å²) in [4.78, 5) is 17.8. The fraction of sp³-hybridized carbons (Fsp3) is 0.467. The normalized spacial score (nSPS) is 16.9. The smallest absolute Gasteiger partial charge is 0.451 e. The average molecular weight is 349 g/mol. The van der Waals surface area contributed by atoms with Crippen LogP contribution in [-0.2, 0) is 6.42 Å². The lowest BCUT2D eigenvalue weighted by atomic mass is 9.82. The fourth-order valence-electron chi connectivity index (χ4n) is 2.87. The van der Waals surface area contributed by atoms with Crippen molar-refractivity contribution in [2.75, 3.05) is 26.2 Å². The van der Waals surface area contributed by atoms with Crippen molar-refractivity contribution in [3.63, 3.8) is 0 Å². The van der Waals surface area contributed by atoms with E-state index in [1.807, 2.05) is 4.90 Å². The Balaban J connectivity index is 1.69. The lowest BCUT2D eigenvalue weighted by molar-refractivity contribution is 0.0587. The van der Waals surface area contributed by atoms with E-state index in [9.17, 15) is 15.0 Å². The van der Waals surface area contributed by atoms with Crippen LogP contribution in [0, 0.1) is 0 Å². The zero-order valence-corrected chi connectivity index (χ0v) is 13.6. The maximum atomic E-state index is 11.5. The minimum absolute atomic E-state index is 0.000477. The highest BCUT2D eigenvalue weighted by Gasteiger charge is 2.33. The zero-order chi connectivity index (χ0) is 18.0. The van der Waals surface area contributed by atoms with Crippen molar-refractivity contribution in [2.24, 2.45) is 4.99 Å². The average Bonchev–Trinajstić information content (AvgIpc) is 3.02. The van der Waals surface area contributed by atoms with Crippen LogP contribution in [0.2, 0.25) is 6.32 Å². The minimum Gasteiger partial charge on any atom is -0.507 e. The molecule has 0 bridgehead atoms. The number of carboxylic acids is 1. The van der Waals surface area contributed by atoms with Crippen molar-refractivity contribution in [1.82, 2.24) is 10.2 Å². The molecule has 0 spiro atoms. The number of nitrogens with one attached hydrogen (secondary N) is 1. The molecule has 1 fully saturated rings. The van der Waals surface area contributed by atoms with Gasteiger partial charge in [-0.1, -0.05) is 6.07 Å². The largest absolute Gasteiger partial charge is 0.507 e. The molecule has 0 radical (unpaired) electrons. The van der Waals surface area contributed by atoms with Crippen LogP contribution in [-0.4, -0.2) is 76.5 Å².